The van der Waals surface area contributed by atoms with Crippen molar-refractivity contribution in [3.05, 3.63) is 108 Å². The zero-order valence-corrected chi connectivity index (χ0v) is 40.1. The summed E-state index contributed by atoms with van der Waals surface area (Å²) in [5.74, 6) is -0.863. The summed E-state index contributed by atoms with van der Waals surface area (Å²) in [7, 11) is -3.01. The van der Waals surface area contributed by atoms with Crippen LogP contribution in [0.5, 0.6) is 11.5 Å². The number of rotatable bonds is 36. The lowest BCUT2D eigenvalue weighted by Crippen LogP contribution is -2.02. The molecule has 0 aromatic heterocycles. The number of benzene rings is 4. The second-order valence-electron chi connectivity index (χ2n) is 17.9. The monoisotopic (exact) mass is 887 g/mol. The van der Waals surface area contributed by atoms with Gasteiger partial charge in [0.1, 0.15) is 5.75 Å². The minimum atomic E-state index is -3.01. The summed E-state index contributed by atoms with van der Waals surface area (Å²) in [4.78, 5) is 10.5. The van der Waals surface area contributed by atoms with Gasteiger partial charge in [0.05, 0.1) is 13.2 Å². The number of unbranched alkanes of at least 4 members (excludes halogenated alkanes) is 20. The zero-order chi connectivity index (χ0) is 44.8. The first-order valence-electron chi connectivity index (χ1n) is 25.1. The Balaban J connectivity index is 0.898. The van der Waals surface area contributed by atoms with E-state index in [2.05, 4.69) is 62.4 Å². The summed E-state index contributed by atoms with van der Waals surface area (Å²) in [6, 6.07) is 28.4. The second kappa shape index (κ2) is 31.4. The van der Waals surface area contributed by atoms with Crippen molar-refractivity contribution < 1.29 is 27.7 Å². The molecule has 4 aromatic carbocycles. The molecule has 0 spiro atoms. The summed E-state index contributed by atoms with van der Waals surface area (Å²) in [6.45, 7) is 5.56. The number of ether oxygens (including phenoxy) is 2. The molecule has 0 aliphatic carbocycles. The molecule has 0 heterocycles. The van der Waals surface area contributed by atoms with E-state index in [9.17, 15) is 18.2 Å². The number of hydrogen-bond acceptors (Lipinski definition) is 3. The Hall–Kier alpha value is -3.47. The van der Waals surface area contributed by atoms with Crippen molar-refractivity contribution in [1.82, 2.24) is 0 Å². The Bertz CT molecular complexity index is 1830. The van der Waals surface area contributed by atoms with E-state index in [1.165, 1.54) is 92.5 Å². The third kappa shape index (κ3) is 21.4. The summed E-state index contributed by atoms with van der Waals surface area (Å²) in [5, 5.41) is 0. The van der Waals surface area contributed by atoms with Crippen LogP contribution in [0.25, 0.3) is 22.3 Å². The molecule has 63 heavy (non-hydrogen) atoms. The van der Waals surface area contributed by atoms with Crippen LogP contribution in [0.4, 0.5) is 8.78 Å². The molecule has 1 atom stereocenters. The van der Waals surface area contributed by atoms with E-state index in [1.54, 1.807) is 6.07 Å². The molecule has 4 rings (SSSR count). The highest BCUT2D eigenvalue weighted by Gasteiger charge is 2.17. The van der Waals surface area contributed by atoms with Crippen molar-refractivity contribution in [1.29, 1.82) is 0 Å². The van der Waals surface area contributed by atoms with Crippen LogP contribution in [0.3, 0.4) is 0 Å². The van der Waals surface area contributed by atoms with Gasteiger partial charge >= 0.3 is 0 Å². The van der Waals surface area contributed by atoms with E-state index in [0.717, 1.165) is 115 Å². The average molecular weight is 887 g/mol. The summed E-state index contributed by atoms with van der Waals surface area (Å²) >= 11 is 0. The van der Waals surface area contributed by atoms with Crippen LogP contribution in [0.2, 0.25) is 0 Å². The van der Waals surface area contributed by atoms with Gasteiger partial charge in [0, 0.05) is 17.9 Å². The second-order valence-corrected chi connectivity index (χ2v) is 20.5. The van der Waals surface area contributed by atoms with Crippen molar-refractivity contribution in [3.8, 4) is 33.8 Å². The SMILES string of the molecule is CCCCCc1ccc(-c2ccc(OCCCCCCCCCCCP(=O)(O)CCCCCCCCCCCOc3ccc(-c4ccc(CCCCC)cc4)c(F)c3F)cc2)cc1. The topological polar surface area (TPSA) is 55.8 Å². The van der Waals surface area contributed by atoms with Crippen molar-refractivity contribution in [3.63, 3.8) is 0 Å². The molecule has 1 N–H and O–H groups in total. The molecule has 0 radical (unpaired) electrons. The van der Waals surface area contributed by atoms with Gasteiger partial charge in [-0.25, -0.2) is 4.39 Å². The average Bonchev–Trinajstić information content (AvgIpc) is 3.29. The third-order valence-electron chi connectivity index (χ3n) is 12.4. The fourth-order valence-electron chi connectivity index (χ4n) is 8.36. The highest BCUT2D eigenvalue weighted by Crippen LogP contribution is 2.42. The van der Waals surface area contributed by atoms with Crippen LogP contribution >= 0.6 is 7.37 Å². The molecule has 0 saturated carbocycles. The van der Waals surface area contributed by atoms with Gasteiger partial charge in [0.2, 0.25) is 13.2 Å². The van der Waals surface area contributed by atoms with E-state index in [4.69, 9.17) is 9.47 Å². The van der Waals surface area contributed by atoms with Gasteiger partial charge < -0.3 is 14.4 Å². The molecule has 348 valence electrons. The largest absolute Gasteiger partial charge is 0.494 e. The maximum absolute atomic E-state index is 14.9. The van der Waals surface area contributed by atoms with Crippen molar-refractivity contribution in [2.45, 2.75) is 181 Å². The van der Waals surface area contributed by atoms with Crippen molar-refractivity contribution in [2.24, 2.45) is 0 Å². The molecule has 0 amide bonds. The summed E-state index contributed by atoms with van der Waals surface area (Å²) in [5.41, 5.74) is 6.05. The maximum Gasteiger partial charge on any atom is 0.201 e. The first-order valence-corrected chi connectivity index (χ1v) is 27.2. The van der Waals surface area contributed by atoms with Crippen LogP contribution in [-0.4, -0.2) is 30.4 Å². The quantitative estimate of drug-likeness (QED) is 0.0365. The van der Waals surface area contributed by atoms with E-state index < -0.39 is 19.0 Å². The Labute approximate surface area is 381 Å². The van der Waals surface area contributed by atoms with Gasteiger partial charge in [-0.2, -0.15) is 4.39 Å². The lowest BCUT2D eigenvalue weighted by atomic mass is 10.0. The molecule has 0 aliphatic heterocycles. The highest BCUT2D eigenvalue weighted by atomic mass is 31.2. The molecule has 0 saturated heterocycles. The lowest BCUT2D eigenvalue weighted by Gasteiger charge is -2.11. The first kappa shape index (κ1) is 52.2. The van der Waals surface area contributed by atoms with Crippen molar-refractivity contribution >= 4 is 7.37 Å². The van der Waals surface area contributed by atoms with Gasteiger partial charge in [0.25, 0.3) is 0 Å². The lowest BCUT2D eigenvalue weighted by molar-refractivity contribution is 0.285. The minimum Gasteiger partial charge on any atom is -0.494 e. The highest BCUT2D eigenvalue weighted by molar-refractivity contribution is 7.57. The number of halogens is 2. The Morgan fingerprint density at radius 1 is 0.429 bits per heavy atom. The predicted octanol–water partition coefficient (Wildman–Crippen LogP) is 17.5. The Kier molecular flexibility index (Phi) is 26.0. The van der Waals surface area contributed by atoms with Gasteiger partial charge in [0.15, 0.2) is 11.6 Å². The van der Waals surface area contributed by atoms with Gasteiger partial charge in [-0.3, -0.25) is 4.57 Å². The molecular weight excluding hydrogens is 806 g/mol. The van der Waals surface area contributed by atoms with Crippen LogP contribution in [0, 0.1) is 11.6 Å². The fraction of sp³-hybridized carbons (Fsp3) is 0.571. The number of hydrogen-bond donors (Lipinski definition) is 1. The molecule has 0 fully saturated rings. The van der Waals surface area contributed by atoms with Gasteiger partial charge in [-0.1, -0.05) is 190 Å². The first-order chi connectivity index (χ1) is 30.8. The van der Waals surface area contributed by atoms with Crippen LogP contribution in [-0.2, 0) is 17.4 Å². The molecule has 0 bridgehead atoms. The third-order valence-corrected chi connectivity index (χ3v) is 14.5. The predicted molar refractivity (Wildman–Crippen MR) is 264 cm³/mol. The van der Waals surface area contributed by atoms with Gasteiger partial charge in [-0.15, -0.1) is 0 Å². The van der Waals surface area contributed by atoms with Gasteiger partial charge in [-0.05, 0) is 103 Å². The van der Waals surface area contributed by atoms with E-state index in [1.807, 2.05) is 24.3 Å². The smallest absolute Gasteiger partial charge is 0.201 e. The number of aryl methyl sites for hydroxylation is 2. The zero-order valence-electron chi connectivity index (χ0n) is 39.2. The maximum atomic E-state index is 14.9. The van der Waals surface area contributed by atoms with E-state index in [0.29, 0.717) is 24.5 Å². The standard InChI is InChI=1S/C56H81F2O4P/c1-3-5-21-27-47-29-33-49(34-30-47)50-37-39-52(40-38-50)61-43-23-17-13-9-7-11-15-19-25-45-63(59,60)46-26-20-16-12-8-10-14-18-24-44-62-54-42-41-53(55(57)56(54)58)51-35-31-48(32-36-51)28-22-6-4-2/h29-42H,3-28,43-46H2,1-2H3,(H,59,60). The van der Waals surface area contributed by atoms with Crippen molar-refractivity contribution in [2.75, 3.05) is 25.5 Å². The molecule has 7 heteroatoms. The molecule has 0 aliphatic rings. The molecule has 4 aromatic rings. The minimum absolute atomic E-state index is 0.0249. The van der Waals surface area contributed by atoms with Crippen LogP contribution < -0.4 is 9.47 Å². The van der Waals surface area contributed by atoms with Crippen LogP contribution in [0.1, 0.15) is 179 Å². The van der Waals surface area contributed by atoms with E-state index >= 15 is 0 Å². The summed E-state index contributed by atoms with van der Waals surface area (Å²) < 4.78 is 54.0. The molecular formula is C56H81F2O4P. The normalized spacial score (nSPS) is 12.4. The van der Waals surface area contributed by atoms with E-state index in [-0.39, 0.29) is 11.3 Å². The summed E-state index contributed by atoms with van der Waals surface area (Å²) in [6.07, 6.45) is 29.9. The fourth-order valence-corrected chi connectivity index (χ4v) is 10.0. The Morgan fingerprint density at radius 2 is 0.825 bits per heavy atom. The Morgan fingerprint density at radius 3 is 1.29 bits per heavy atom. The molecule has 4 nitrogen and oxygen atoms in total. The van der Waals surface area contributed by atoms with Crippen LogP contribution in [0.15, 0.2) is 84.9 Å². The molecule has 1 unspecified atom stereocenters.